The van der Waals surface area contributed by atoms with Crippen LogP contribution in [0.25, 0.3) is 0 Å². The highest BCUT2D eigenvalue weighted by molar-refractivity contribution is 7.47. The molecule has 0 aromatic rings. The number of phosphoric acid groups is 2. The van der Waals surface area contributed by atoms with E-state index in [0.717, 1.165) is 102 Å². The van der Waals surface area contributed by atoms with Crippen LogP contribution >= 0.6 is 15.6 Å². The summed E-state index contributed by atoms with van der Waals surface area (Å²) in [4.78, 5) is 73.3. The van der Waals surface area contributed by atoms with Gasteiger partial charge in [0.25, 0.3) is 0 Å². The first-order chi connectivity index (χ1) is 51.9. The molecule has 0 fully saturated rings. The molecule has 0 aliphatic carbocycles. The van der Waals surface area contributed by atoms with E-state index in [0.29, 0.717) is 25.7 Å². The van der Waals surface area contributed by atoms with E-state index in [9.17, 15) is 43.2 Å². The number of carbonyl (C=O) groups excluding carboxylic acids is 4. The van der Waals surface area contributed by atoms with E-state index in [1.807, 2.05) is 0 Å². The Bertz CT molecular complexity index is 2050. The highest BCUT2D eigenvalue weighted by Gasteiger charge is 2.30. The number of hydrogen-bond acceptors (Lipinski definition) is 15. The molecule has 107 heavy (non-hydrogen) atoms. The van der Waals surface area contributed by atoms with E-state index in [-0.39, 0.29) is 25.7 Å². The zero-order valence-electron chi connectivity index (χ0n) is 70.5. The minimum Gasteiger partial charge on any atom is -0.462 e. The van der Waals surface area contributed by atoms with Crippen LogP contribution in [0.2, 0.25) is 0 Å². The van der Waals surface area contributed by atoms with Crippen LogP contribution in [0.15, 0.2) is 0 Å². The van der Waals surface area contributed by atoms with Crippen LogP contribution in [-0.4, -0.2) is 96.7 Å². The molecule has 3 N–H and O–H groups in total. The maximum absolute atomic E-state index is 13.2. The van der Waals surface area contributed by atoms with Gasteiger partial charge in [0.1, 0.15) is 19.3 Å². The third kappa shape index (κ3) is 81.9. The fourth-order valence-electron chi connectivity index (χ4n) is 13.8. The van der Waals surface area contributed by atoms with Crippen LogP contribution < -0.4 is 0 Å². The van der Waals surface area contributed by atoms with Gasteiger partial charge in [-0.05, 0) is 37.5 Å². The van der Waals surface area contributed by atoms with Gasteiger partial charge in [-0.3, -0.25) is 37.3 Å². The lowest BCUT2D eigenvalue weighted by Gasteiger charge is -2.21. The molecule has 0 amide bonds. The Morgan fingerprint density at radius 2 is 0.430 bits per heavy atom. The van der Waals surface area contributed by atoms with Crippen molar-refractivity contribution < 1.29 is 80.2 Å². The maximum Gasteiger partial charge on any atom is 0.472 e. The monoisotopic (exact) mass is 1560 g/mol. The lowest BCUT2D eigenvalue weighted by atomic mass is 10.0. The van der Waals surface area contributed by atoms with Crippen molar-refractivity contribution in [2.75, 3.05) is 39.6 Å². The predicted octanol–water partition coefficient (Wildman–Crippen LogP) is 27.0. The van der Waals surface area contributed by atoms with Crippen LogP contribution in [0.4, 0.5) is 0 Å². The molecule has 19 heteroatoms. The highest BCUT2D eigenvalue weighted by Crippen LogP contribution is 2.45. The van der Waals surface area contributed by atoms with Crippen LogP contribution in [0, 0.1) is 11.8 Å². The Kier molecular flexibility index (Phi) is 77.9. The molecule has 0 radical (unpaired) electrons. The van der Waals surface area contributed by atoms with Gasteiger partial charge in [-0.1, -0.05) is 420 Å². The van der Waals surface area contributed by atoms with Crippen molar-refractivity contribution in [1.82, 2.24) is 0 Å². The molecule has 0 rings (SSSR count). The van der Waals surface area contributed by atoms with Gasteiger partial charge in [0, 0.05) is 25.7 Å². The summed E-state index contributed by atoms with van der Waals surface area (Å²) < 4.78 is 69.0. The molecule has 0 spiro atoms. The second-order valence-corrected chi connectivity index (χ2v) is 35.5. The molecule has 0 heterocycles. The van der Waals surface area contributed by atoms with E-state index in [2.05, 4.69) is 41.5 Å². The number of esters is 4. The Labute approximate surface area is 658 Å². The molecule has 17 nitrogen and oxygen atoms in total. The Morgan fingerprint density at radius 1 is 0.252 bits per heavy atom. The second-order valence-electron chi connectivity index (χ2n) is 32.6. The summed E-state index contributed by atoms with van der Waals surface area (Å²) in [6, 6.07) is 0. The average molecular weight is 1560 g/mol. The lowest BCUT2D eigenvalue weighted by Crippen LogP contribution is -2.30. The highest BCUT2D eigenvalue weighted by atomic mass is 31.2. The predicted molar refractivity (Wildman–Crippen MR) is 442 cm³/mol. The van der Waals surface area contributed by atoms with Crippen molar-refractivity contribution in [2.45, 2.75) is 490 Å². The van der Waals surface area contributed by atoms with E-state index in [4.69, 9.17) is 37.0 Å². The third-order valence-electron chi connectivity index (χ3n) is 20.7. The number of aliphatic hydroxyl groups is 1. The van der Waals surface area contributed by atoms with Gasteiger partial charge in [-0.25, -0.2) is 9.13 Å². The maximum atomic E-state index is 13.2. The van der Waals surface area contributed by atoms with E-state index in [1.54, 1.807) is 0 Å². The molecule has 0 saturated carbocycles. The fraction of sp³-hybridized carbons (Fsp3) is 0.955. The standard InChI is InChI=1S/C88H172O17P2/c1-7-9-11-13-15-17-19-21-23-25-27-28-29-30-32-34-38-42-46-54-60-66-72-87(92)104-83(76-98-85(90)70-64-58-52-45-41-37-33-31-26-24-22-20-18-16-14-12-10-8-2)78-102-106(94,95)100-74-82(89)75-101-107(96,97)103-79-84(77-99-86(91)71-65-59-53-49-48-51-57-63-69-81(5)6)105-88(93)73-67-61-55-47-43-39-35-36-40-44-50-56-62-68-80(3)4/h80-84,89H,7-79H2,1-6H3,(H,94,95)(H,96,97)/t82-,83-,84-/m1/s1. The largest absolute Gasteiger partial charge is 0.472 e. The second kappa shape index (κ2) is 79.3. The average Bonchev–Trinajstić information content (AvgIpc) is 0.903. The summed E-state index contributed by atoms with van der Waals surface area (Å²) >= 11 is 0. The van der Waals surface area contributed by atoms with E-state index >= 15 is 0 Å². The van der Waals surface area contributed by atoms with Crippen LogP contribution in [0.5, 0.6) is 0 Å². The van der Waals surface area contributed by atoms with Crippen molar-refractivity contribution in [1.29, 1.82) is 0 Å². The summed E-state index contributed by atoms with van der Waals surface area (Å²) in [6.45, 7) is 9.66. The molecule has 0 aromatic heterocycles. The first-order valence-electron chi connectivity index (χ1n) is 45.5. The number of unbranched alkanes of at least 4 members (excludes halogenated alkanes) is 57. The minimum absolute atomic E-state index is 0.107. The number of ether oxygens (including phenoxy) is 4. The normalized spacial score (nSPS) is 13.8. The number of aliphatic hydroxyl groups excluding tert-OH is 1. The molecule has 0 aliphatic rings. The molecular weight excluding hydrogens is 1390 g/mol. The quantitative estimate of drug-likeness (QED) is 0.0222. The van der Waals surface area contributed by atoms with Crippen molar-refractivity contribution >= 4 is 39.5 Å². The molecule has 5 atom stereocenters. The molecule has 636 valence electrons. The Morgan fingerprint density at radius 3 is 0.636 bits per heavy atom. The Hall–Kier alpha value is -1.94. The molecular formula is C88H172O17P2. The van der Waals surface area contributed by atoms with E-state index < -0.39 is 97.5 Å². The SMILES string of the molecule is CCCCCCCCCCCCCCCCCCCCCCCCC(=O)O[C@H](COC(=O)CCCCCCCCCCCCCCCCCCCC)COP(=O)(O)OC[C@@H](O)COP(=O)(O)OC[C@@H](COC(=O)CCCCCCCCCCC(C)C)OC(=O)CCCCCCCCCCCCCCCC(C)C. The summed E-state index contributed by atoms with van der Waals surface area (Å²) in [5.74, 6) is -0.588. The molecule has 0 aliphatic heterocycles. The van der Waals surface area contributed by atoms with E-state index in [1.165, 1.54) is 289 Å². The zero-order chi connectivity index (χ0) is 78.5. The number of carbonyl (C=O) groups is 4. The van der Waals surface area contributed by atoms with Crippen LogP contribution in [-0.2, 0) is 65.4 Å². The van der Waals surface area contributed by atoms with Gasteiger partial charge >= 0.3 is 39.5 Å². The first-order valence-corrected chi connectivity index (χ1v) is 48.5. The van der Waals surface area contributed by atoms with Crippen molar-refractivity contribution in [3.8, 4) is 0 Å². The van der Waals surface area contributed by atoms with Crippen LogP contribution in [0.1, 0.15) is 472 Å². The van der Waals surface area contributed by atoms with Gasteiger partial charge in [-0.15, -0.1) is 0 Å². The van der Waals surface area contributed by atoms with Crippen molar-refractivity contribution in [2.24, 2.45) is 11.8 Å². The van der Waals surface area contributed by atoms with Gasteiger partial charge in [-0.2, -0.15) is 0 Å². The molecule has 0 bridgehead atoms. The number of phosphoric ester groups is 2. The smallest absolute Gasteiger partial charge is 0.462 e. The summed E-state index contributed by atoms with van der Waals surface area (Å²) in [5, 5.41) is 10.7. The third-order valence-corrected chi connectivity index (χ3v) is 22.6. The van der Waals surface area contributed by atoms with Crippen LogP contribution in [0.3, 0.4) is 0 Å². The fourth-order valence-corrected chi connectivity index (χ4v) is 15.4. The topological polar surface area (TPSA) is 237 Å². The van der Waals surface area contributed by atoms with Gasteiger partial charge in [0.05, 0.1) is 26.4 Å². The van der Waals surface area contributed by atoms with Gasteiger partial charge < -0.3 is 33.8 Å². The number of hydrogen-bond donors (Lipinski definition) is 3. The van der Waals surface area contributed by atoms with Gasteiger partial charge in [0.15, 0.2) is 12.2 Å². The first kappa shape index (κ1) is 105. The molecule has 2 unspecified atom stereocenters. The minimum atomic E-state index is -4.97. The molecule has 0 saturated heterocycles. The summed E-state index contributed by atoms with van der Waals surface area (Å²) in [5.41, 5.74) is 0. The lowest BCUT2D eigenvalue weighted by molar-refractivity contribution is -0.161. The summed E-state index contributed by atoms with van der Waals surface area (Å²) in [6.07, 6.45) is 72.4. The van der Waals surface area contributed by atoms with Crippen molar-refractivity contribution in [3.05, 3.63) is 0 Å². The zero-order valence-corrected chi connectivity index (χ0v) is 72.2. The Balaban J connectivity index is 5.23. The summed E-state index contributed by atoms with van der Waals surface area (Å²) in [7, 11) is -9.93. The molecule has 0 aromatic carbocycles. The van der Waals surface area contributed by atoms with Crippen molar-refractivity contribution in [3.63, 3.8) is 0 Å². The van der Waals surface area contributed by atoms with Gasteiger partial charge in [0.2, 0.25) is 0 Å². The number of rotatable bonds is 87.